The molecule has 0 saturated heterocycles. The molecule has 0 bridgehead atoms. The number of ether oxygens (including phenoxy) is 2. The fourth-order valence-electron chi connectivity index (χ4n) is 2.52. The van der Waals surface area contributed by atoms with Crippen molar-refractivity contribution in [1.29, 1.82) is 0 Å². The van der Waals surface area contributed by atoms with E-state index in [0.29, 0.717) is 11.3 Å². The number of fused-ring (bicyclic) bond motifs is 1. The van der Waals surface area contributed by atoms with Crippen LogP contribution in [0.2, 0.25) is 0 Å². The zero-order valence-electron chi connectivity index (χ0n) is 11.7. The van der Waals surface area contributed by atoms with E-state index in [0.717, 1.165) is 6.07 Å². The number of hydrogen-bond acceptors (Lipinski definition) is 6. The van der Waals surface area contributed by atoms with E-state index < -0.39 is 6.10 Å². The lowest BCUT2D eigenvalue weighted by Crippen LogP contribution is -2.20. The molecule has 0 spiro atoms. The summed E-state index contributed by atoms with van der Waals surface area (Å²) in [6.45, 7) is 0. The van der Waals surface area contributed by atoms with Crippen LogP contribution in [0.15, 0.2) is 30.3 Å². The molecule has 0 radical (unpaired) electrons. The maximum atomic E-state index is 12.2. The molecule has 0 fully saturated rings. The minimum absolute atomic E-state index is 0.0218. The van der Waals surface area contributed by atoms with E-state index >= 15 is 0 Å². The third-order valence-electron chi connectivity index (χ3n) is 3.57. The average molecular weight is 302 g/mol. The van der Waals surface area contributed by atoms with E-state index in [1.165, 1.54) is 19.2 Å². The van der Waals surface area contributed by atoms with Gasteiger partial charge in [0.15, 0.2) is 5.78 Å². The van der Waals surface area contributed by atoms with Gasteiger partial charge in [0, 0.05) is 17.7 Å². The third kappa shape index (κ3) is 2.28. The van der Waals surface area contributed by atoms with Crippen LogP contribution in [0.3, 0.4) is 0 Å². The molecule has 1 aliphatic rings. The van der Waals surface area contributed by atoms with Crippen LogP contribution in [0, 0.1) is 0 Å². The highest BCUT2D eigenvalue weighted by Crippen LogP contribution is 2.43. The molecule has 22 heavy (non-hydrogen) atoms. The van der Waals surface area contributed by atoms with E-state index in [1.54, 1.807) is 12.1 Å². The minimum atomic E-state index is -0.726. The summed E-state index contributed by atoms with van der Waals surface area (Å²) in [4.78, 5) is 12.2. The number of carbonyl (C=O) groups excluding carboxylic acids is 1. The fraction of sp³-hybridized carbons (Fsp3) is 0.188. The molecule has 2 aromatic rings. The van der Waals surface area contributed by atoms with Crippen molar-refractivity contribution in [2.45, 2.75) is 12.5 Å². The van der Waals surface area contributed by atoms with Gasteiger partial charge in [0.05, 0.1) is 13.5 Å². The maximum absolute atomic E-state index is 12.2. The van der Waals surface area contributed by atoms with Crippen molar-refractivity contribution in [3.63, 3.8) is 0 Å². The van der Waals surface area contributed by atoms with Gasteiger partial charge in [-0.05, 0) is 18.2 Å². The molecule has 1 atom stereocenters. The summed E-state index contributed by atoms with van der Waals surface area (Å²) in [6, 6.07) is 6.98. The molecule has 6 heteroatoms. The van der Waals surface area contributed by atoms with Crippen LogP contribution in [-0.4, -0.2) is 28.2 Å². The lowest BCUT2D eigenvalue weighted by molar-refractivity contribution is 0.0841. The van der Waals surface area contributed by atoms with Gasteiger partial charge in [-0.3, -0.25) is 4.79 Å². The molecule has 3 rings (SSSR count). The Morgan fingerprint density at radius 2 is 1.91 bits per heavy atom. The first-order valence-electron chi connectivity index (χ1n) is 6.62. The Morgan fingerprint density at radius 1 is 1.14 bits per heavy atom. The van der Waals surface area contributed by atoms with E-state index in [-0.39, 0.29) is 40.8 Å². The predicted octanol–water partition coefficient (Wildman–Crippen LogP) is 2.52. The predicted molar refractivity (Wildman–Crippen MR) is 76.7 cm³/mol. The Morgan fingerprint density at radius 3 is 2.64 bits per heavy atom. The van der Waals surface area contributed by atoms with Gasteiger partial charge in [-0.25, -0.2) is 0 Å². The first-order valence-corrected chi connectivity index (χ1v) is 6.62. The Kier molecular flexibility index (Phi) is 3.29. The van der Waals surface area contributed by atoms with Gasteiger partial charge in [-0.2, -0.15) is 0 Å². The number of hydrogen-bond donors (Lipinski definition) is 3. The summed E-state index contributed by atoms with van der Waals surface area (Å²) in [5.41, 5.74) is 0.442. The monoisotopic (exact) mass is 302 g/mol. The standard InChI is InChI=1S/C16H14O6/c1-21-9-2-3-11(18)10(6-9)14-7-13(20)16-12(19)4-8(17)5-15(16)22-14/h2-6,14,17-19H,7H2,1H3. The number of aromatic hydroxyl groups is 3. The van der Waals surface area contributed by atoms with Crippen molar-refractivity contribution < 1.29 is 29.6 Å². The molecule has 2 aromatic carbocycles. The number of methoxy groups -OCH3 is 1. The van der Waals surface area contributed by atoms with Crippen molar-refractivity contribution in [3.05, 3.63) is 41.5 Å². The topological polar surface area (TPSA) is 96.2 Å². The molecular weight excluding hydrogens is 288 g/mol. The van der Waals surface area contributed by atoms with Gasteiger partial charge in [-0.1, -0.05) is 0 Å². The zero-order chi connectivity index (χ0) is 15.9. The number of ketones is 1. The van der Waals surface area contributed by atoms with Gasteiger partial charge >= 0.3 is 0 Å². The molecule has 114 valence electrons. The second-order valence-electron chi connectivity index (χ2n) is 5.00. The lowest BCUT2D eigenvalue weighted by atomic mass is 9.95. The highest BCUT2D eigenvalue weighted by Gasteiger charge is 2.32. The molecule has 1 aliphatic heterocycles. The van der Waals surface area contributed by atoms with Crippen LogP contribution < -0.4 is 9.47 Å². The van der Waals surface area contributed by atoms with Crippen molar-refractivity contribution in [3.8, 4) is 28.7 Å². The first-order chi connectivity index (χ1) is 10.5. The molecule has 0 saturated carbocycles. The number of carbonyl (C=O) groups is 1. The van der Waals surface area contributed by atoms with Crippen molar-refractivity contribution in [1.82, 2.24) is 0 Å². The number of rotatable bonds is 2. The second-order valence-corrected chi connectivity index (χ2v) is 5.00. The minimum Gasteiger partial charge on any atom is -0.508 e. The van der Waals surface area contributed by atoms with Crippen molar-refractivity contribution in [2.75, 3.05) is 7.11 Å². The second kappa shape index (κ2) is 5.14. The quantitative estimate of drug-likeness (QED) is 0.789. The number of benzene rings is 2. The number of phenolic OH excluding ortho intramolecular Hbond substituents is 3. The Balaban J connectivity index is 2.04. The maximum Gasteiger partial charge on any atom is 0.174 e. The summed E-state index contributed by atoms with van der Waals surface area (Å²) in [5, 5.41) is 29.3. The van der Waals surface area contributed by atoms with Gasteiger partial charge in [0.2, 0.25) is 0 Å². The molecule has 1 heterocycles. The molecule has 0 amide bonds. The zero-order valence-corrected chi connectivity index (χ0v) is 11.7. The Bertz CT molecular complexity index is 753. The van der Waals surface area contributed by atoms with Crippen molar-refractivity contribution >= 4 is 5.78 Å². The summed E-state index contributed by atoms with van der Waals surface area (Å²) < 4.78 is 10.8. The SMILES string of the molecule is COc1ccc(O)c(C2CC(=O)c3c(O)cc(O)cc3O2)c1. The van der Waals surface area contributed by atoms with Gasteiger partial charge in [0.25, 0.3) is 0 Å². The van der Waals surface area contributed by atoms with Crippen LogP contribution in [0.1, 0.15) is 28.4 Å². The fourth-order valence-corrected chi connectivity index (χ4v) is 2.52. The van der Waals surface area contributed by atoms with Crippen LogP contribution in [0.25, 0.3) is 0 Å². The summed E-state index contributed by atoms with van der Waals surface area (Å²) in [7, 11) is 1.49. The summed E-state index contributed by atoms with van der Waals surface area (Å²) >= 11 is 0. The first kappa shape index (κ1) is 14.1. The Hall–Kier alpha value is -2.89. The molecule has 3 N–H and O–H groups in total. The molecule has 6 nitrogen and oxygen atoms in total. The normalized spacial score (nSPS) is 16.8. The summed E-state index contributed by atoms with van der Waals surface area (Å²) in [5.74, 6) is -0.278. The van der Waals surface area contributed by atoms with Gasteiger partial charge in [0.1, 0.15) is 40.4 Å². The van der Waals surface area contributed by atoms with E-state index in [2.05, 4.69) is 0 Å². The van der Waals surface area contributed by atoms with Crippen molar-refractivity contribution in [2.24, 2.45) is 0 Å². The lowest BCUT2D eigenvalue weighted by Gasteiger charge is -2.26. The van der Waals surface area contributed by atoms with E-state index in [4.69, 9.17) is 9.47 Å². The third-order valence-corrected chi connectivity index (χ3v) is 3.57. The Labute approximate surface area is 126 Å². The van der Waals surface area contributed by atoms with Crippen LogP contribution in [0.5, 0.6) is 28.7 Å². The summed E-state index contributed by atoms with van der Waals surface area (Å²) in [6.07, 6.45) is -0.761. The molecule has 0 aromatic heterocycles. The molecule has 1 unspecified atom stereocenters. The van der Waals surface area contributed by atoms with Gasteiger partial charge < -0.3 is 24.8 Å². The van der Waals surface area contributed by atoms with Crippen LogP contribution >= 0.6 is 0 Å². The highest BCUT2D eigenvalue weighted by atomic mass is 16.5. The van der Waals surface area contributed by atoms with Crippen LogP contribution in [-0.2, 0) is 0 Å². The van der Waals surface area contributed by atoms with E-state index in [1.807, 2.05) is 0 Å². The largest absolute Gasteiger partial charge is 0.508 e. The van der Waals surface area contributed by atoms with Gasteiger partial charge in [-0.15, -0.1) is 0 Å². The van der Waals surface area contributed by atoms with E-state index in [9.17, 15) is 20.1 Å². The smallest absolute Gasteiger partial charge is 0.174 e. The average Bonchev–Trinajstić information content (AvgIpc) is 2.46. The number of phenols is 3. The van der Waals surface area contributed by atoms with Crippen LogP contribution in [0.4, 0.5) is 0 Å². The molecular formula is C16H14O6. The highest BCUT2D eigenvalue weighted by molar-refractivity contribution is 6.02. The molecule has 0 aliphatic carbocycles. The number of Topliss-reactive ketones (excluding diaryl/α,β-unsaturated/α-hetero) is 1.